The summed E-state index contributed by atoms with van der Waals surface area (Å²) >= 11 is 0. The van der Waals surface area contributed by atoms with Crippen LogP contribution < -0.4 is 4.74 Å². The van der Waals surface area contributed by atoms with E-state index in [1.165, 1.54) is 18.5 Å². The summed E-state index contributed by atoms with van der Waals surface area (Å²) in [7, 11) is 0. The molecule has 0 aliphatic carbocycles. The molecule has 19 heavy (non-hydrogen) atoms. The quantitative estimate of drug-likeness (QED) is 0.466. The lowest BCUT2D eigenvalue weighted by atomic mass is 10.2. The van der Waals surface area contributed by atoms with Crippen molar-refractivity contribution in [2.24, 2.45) is 0 Å². The highest BCUT2D eigenvalue weighted by molar-refractivity contribution is 5.53. The van der Waals surface area contributed by atoms with Crippen molar-refractivity contribution in [3.63, 3.8) is 0 Å². The molecule has 1 heterocycles. The molecule has 0 fully saturated rings. The molecule has 7 heteroatoms. The summed E-state index contributed by atoms with van der Waals surface area (Å²) in [6, 6.07) is 4.34. The second-order valence-electron chi connectivity index (χ2n) is 3.73. The van der Waals surface area contributed by atoms with E-state index in [-0.39, 0.29) is 12.3 Å². The summed E-state index contributed by atoms with van der Waals surface area (Å²) in [5.74, 6) is 1.03. The number of nitrogens with zero attached hydrogens (tertiary/aromatic N) is 4. The molecule has 0 bridgehead atoms. The highest BCUT2D eigenvalue weighted by Crippen LogP contribution is 2.28. The minimum absolute atomic E-state index is 0.0411. The molecule has 2 aromatic rings. The number of non-ortho nitro benzene ring substituents is 1. The first-order valence-corrected chi connectivity index (χ1v) is 5.52. The van der Waals surface area contributed by atoms with E-state index in [0.29, 0.717) is 17.3 Å². The van der Waals surface area contributed by atoms with Crippen molar-refractivity contribution in [1.82, 2.24) is 14.8 Å². The fourth-order valence-corrected chi connectivity index (χ4v) is 1.59. The van der Waals surface area contributed by atoms with Crippen molar-refractivity contribution >= 4 is 5.69 Å². The zero-order valence-electron chi connectivity index (χ0n) is 10.3. The minimum atomic E-state index is -0.473. The molecule has 0 aliphatic rings. The van der Waals surface area contributed by atoms with E-state index >= 15 is 0 Å². The maximum Gasteiger partial charge on any atom is 0.273 e. The molecule has 98 valence electrons. The topological polar surface area (TPSA) is 83.1 Å². The van der Waals surface area contributed by atoms with Crippen LogP contribution in [-0.4, -0.2) is 26.3 Å². The van der Waals surface area contributed by atoms with Gasteiger partial charge in [-0.2, -0.15) is 5.10 Å². The Morgan fingerprint density at radius 2 is 2.37 bits per heavy atom. The van der Waals surface area contributed by atoms with Gasteiger partial charge in [0, 0.05) is 6.07 Å². The molecule has 1 aromatic heterocycles. The first-order chi connectivity index (χ1) is 9.13. The number of rotatable bonds is 5. The predicted octanol–water partition coefficient (Wildman–Crippen LogP) is 2.05. The molecule has 7 nitrogen and oxygen atoms in total. The van der Waals surface area contributed by atoms with Crippen LogP contribution in [0.5, 0.6) is 5.75 Å². The van der Waals surface area contributed by atoms with Crippen LogP contribution in [0.3, 0.4) is 0 Å². The lowest BCUT2D eigenvalue weighted by Gasteiger charge is -2.10. The predicted molar refractivity (Wildman–Crippen MR) is 68.4 cm³/mol. The fraction of sp³-hybridized carbons (Fsp3) is 0.167. The molecule has 0 saturated heterocycles. The van der Waals surface area contributed by atoms with E-state index < -0.39 is 4.92 Å². The van der Waals surface area contributed by atoms with E-state index in [4.69, 9.17) is 4.74 Å². The first kappa shape index (κ1) is 12.7. The Labute approximate surface area is 109 Å². The third-order valence-corrected chi connectivity index (χ3v) is 2.46. The van der Waals surface area contributed by atoms with Gasteiger partial charge in [-0.15, -0.1) is 0 Å². The van der Waals surface area contributed by atoms with Gasteiger partial charge in [0.05, 0.1) is 11.0 Å². The summed E-state index contributed by atoms with van der Waals surface area (Å²) in [4.78, 5) is 14.3. The Bertz CT molecular complexity index is 621. The van der Waals surface area contributed by atoms with Crippen LogP contribution in [0.2, 0.25) is 0 Å². The van der Waals surface area contributed by atoms with Crippen LogP contribution in [0.1, 0.15) is 5.82 Å². The Hall–Kier alpha value is -2.70. The van der Waals surface area contributed by atoms with Crippen LogP contribution in [-0.2, 0) is 0 Å². The van der Waals surface area contributed by atoms with Crippen molar-refractivity contribution < 1.29 is 9.66 Å². The molecule has 2 rings (SSSR count). The number of hydrogen-bond acceptors (Lipinski definition) is 5. The number of nitro benzene ring substituents is 1. The highest BCUT2D eigenvalue weighted by Gasteiger charge is 2.14. The Balaban J connectivity index is 2.50. The van der Waals surface area contributed by atoms with Gasteiger partial charge < -0.3 is 4.74 Å². The zero-order chi connectivity index (χ0) is 13.8. The summed E-state index contributed by atoms with van der Waals surface area (Å²) in [6.45, 7) is 5.58. The lowest BCUT2D eigenvalue weighted by Crippen LogP contribution is -2.04. The van der Waals surface area contributed by atoms with Crippen LogP contribution >= 0.6 is 0 Å². The van der Waals surface area contributed by atoms with Crippen molar-refractivity contribution in [2.45, 2.75) is 6.92 Å². The second kappa shape index (κ2) is 5.30. The van der Waals surface area contributed by atoms with Gasteiger partial charge in [0.15, 0.2) is 5.75 Å². The fourth-order valence-electron chi connectivity index (χ4n) is 1.59. The van der Waals surface area contributed by atoms with Crippen LogP contribution in [0.15, 0.2) is 37.2 Å². The maximum atomic E-state index is 10.8. The van der Waals surface area contributed by atoms with E-state index in [1.54, 1.807) is 23.7 Å². The van der Waals surface area contributed by atoms with E-state index in [2.05, 4.69) is 16.7 Å². The largest absolute Gasteiger partial charge is 0.487 e. The number of ether oxygens (including phenoxy) is 1. The minimum Gasteiger partial charge on any atom is -0.487 e. The number of aryl methyl sites for hydroxylation is 1. The average molecular weight is 260 g/mol. The molecule has 0 atom stereocenters. The van der Waals surface area contributed by atoms with Crippen molar-refractivity contribution in [3.05, 3.63) is 53.1 Å². The average Bonchev–Trinajstić information content (AvgIpc) is 2.82. The van der Waals surface area contributed by atoms with Gasteiger partial charge in [-0.1, -0.05) is 12.7 Å². The molecule has 0 saturated carbocycles. The van der Waals surface area contributed by atoms with Gasteiger partial charge in [-0.25, -0.2) is 9.67 Å². The van der Waals surface area contributed by atoms with Crippen LogP contribution in [0.4, 0.5) is 5.69 Å². The zero-order valence-corrected chi connectivity index (χ0v) is 10.3. The smallest absolute Gasteiger partial charge is 0.273 e. The van der Waals surface area contributed by atoms with E-state index in [0.717, 1.165) is 0 Å². The monoisotopic (exact) mass is 260 g/mol. The Morgan fingerprint density at radius 1 is 1.58 bits per heavy atom. The summed E-state index contributed by atoms with van der Waals surface area (Å²) < 4.78 is 7.00. The van der Waals surface area contributed by atoms with Crippen molar-refractivity contribution in [1.29, 1.82) is 0 Å². The Kier molecular flexibility index (Phi) is 3.56. The molecule has 0 radical (unpaired) electrons. The van der Waals surface area contributed by atoms with Crippen LogP contribution in [0, 0.1) is 17.0 Å². The number of nitro groups is 1. The van der Waals surface area contributed by atoms with Crippen LogP contribution in [0.25, 0.3) is 5.69 Å². The SMILES string of the molecule is C=CCOc1cc([N+](=O)[O-])ccc1-n1ncnc1C. The third kappa shape index (κ3) is 2.59. The standard InChI is InChI=1S/C12H12N4O3/c1-3-6-19-12-7-10(16(17)18)4-5-11(12)15-9(2)13-8-14-15/h3-5,7-8H,1,6H2,2H3. The second-order valence-corrected chi connectivity index (χ2v) is 3.73. The molecular weight excluding hydrogens is 248 g/mol. The van der Waals surface area contributed by atoms with E-state index in [1.807, 2.05) is 0 Å². The van der Waals surface area contributed by atoms with Gasteiger partial charge in [0.1, 0.15) is 24.4 Å². The van der Waals surface area contributed by atoms with E-state index in [9.17, 15) is 10.1 Å². The number of benzene rings is 1. The molecule has 0 N–H and O–H groups in total. The van der Waals surface area contributed by atoms with Gasteiger partial charge in [0.2, 0.25) is 0 Å². The van der Waals surface area contributed by atoms with Gasteiger partial charge in [0.25, 0.3) is 5.69 Å². The Morgan fingerprint density at radius 3 is 2.95 bits per heavy atom. The molecule has 0 unspecified atom stereocenters. The van der Waals surface area contributed by atoms with Crippen molar-refractivity contribution in [2.75, 3.05) is 6.61 Å². The van der Waals surface area contributed by atoms with Gasteiger partial charge in [-0.3, -0.25) is 10.1 Å². The molecular formula is C12H12N4O3. The first-order valence-electron chi connectivity index (χ1n) is 5.52. The molecule has 0 amide bonds. The summed E-state index contributed by atoms with van der Waals surface area (Å²) in [5.41, 5.74) is 0.558. The number of aromatic nitrogens is 3. The van der Waals surface area contributed by atoms with Crippen molar-refractivity contribution in [3.8, 4) is 11.4 Å². The lowest BCUT2D eigenvalue weighted by molar-refractivity contribution is -0.384. The summed E-state index contributed by atoms with van der Waals surface area (Å²) in [6.07, 6.45) is 2.98. The normalized spacial score (nSPS) is 10.2. The summed E-state index contributed by atoms with van der Waals surface area (Å²) in [5, 5.41) is 14.8. The van der Waals surface area contributed by atoms with Gasteiger partial charge >= 0.3 is 0 Å². The molecule has 0 aliphatic heterocycles. The molecule has 1 aromatic carbocycles. The highest BCUT2D eigenvalue weighted by atomic mass is 16.6. The van der Waals surface area contributed by atoms with Gasteiger partial charge in [-0.05, 0) is 13.0 Å². The number of hydrogen-bond donors (Lipinski definition) is 0. The molecule has 0 spiro atoms. The third-order valence-electron chi connectivity index (χ3n) is 2.46. The maximum absolute atomic E-state index is 10.8.